The molecule has 2 atom stereocenters. The van der Waals surface area contributed by atoms with E-state index in [0.29, 0.717) is 6.04 Å². The van der Waals surface area contributed by atoms with Gasteiger partial charge in [0, 0.05) is 18.6 Å². The van der Waals surface area contributed by atoms with Gasteiger partial charge in [0.25, 0.3) is 0 Å². The van der Waals surface area contributed by atoms with E-state index in [1.54, 1.807) is 0 Å². The monoisotopic (exact) mass is 184 g/mol. The second-order valence-electron chi connectivity index (χ2n) is 4.72. The van der Waals surface area contributed by atoms with Crippen LogP contribution < -0.4 is 5.32 Å². The van der Waals surface area contributed by atoms with E-state index in [1.807, 2.05) is 0 Å². The van der Waals surface area contributed by atoms with E-state index < -0.39 is 0 Å². The van der Waals surface area contributed by atoms with Gasteiger partial charge in [0.2, 0.25) is 0 Å². The highest BCUT2D eigenvalue weighted by Gasteiger charge is 2.19. The Kier molecular flexibility index (Phi) is 4.20. The molecule has 1 fully saturated rings. The Morgan fingerprint density at radius 2 is 2.08 bits per heavy atom. The summed E-state index contributed by atoms with van der Waals surface area (Å²) >= 11 is 0. The smallest absolute Gasteiger partial charge is 0.0195 e. The summed E-state index contributed by atoms with van der Waals surface area (Å²) in [6, 6.07) is 1.44. The summed E-state index contributed by atoms with van der Waals surface area (Å²) in [5.74, 6) is 0.756. The first-order valence-electron chi connectivity index (χ1n) is 5.55. The number of nitrogens with one attached hydrogen (secondary N) is 1. The van der Waals surface area contributed by atoms with Crippen molar-refractivity contribution in [2.75, 3.05) is 20.1 Å². The minimum Gasteiger partial charge on any atom is -0.313 e. The molecule has 0 radical (unpaired) electrons. The second kappa shape index (κ2) is 4.97. The average molecular weight is 184 g/mol. The molecule has 1 heterocycles. The molecule has 2 nitrogen and oxygen atoms in total. The summed E-state index contributed by atoms with van der Waals surface area (Å²) in [5, 5.41) is 3.54. The molecule has 78 valence electrons. The summed E-state index contributed by atoms with van der Waals surface area (Å²) in [7, 11) is 2.24. The molecule has 0 amide bonds. The molecular weight excluding hydrogens is 160 g/mol. The fourth-order valence-corrected chi connectivity index (χ4v) is 1.94. The lowest BCUT2D eigenvalue weighted by molar-refractivity contribution is 0.192. The zero-order chi connectivity index (χ0) is 9.84. The molecular formula is C11H24N2. The Balaban J connectivity index is 2.26. The molecule has 2 heteroatoms. The van der Waals surface area contributed by atoms with Crippen LogP contribution in [0.15, 0.2) is 0 Å². The van der Waals surface area contributed by atoms with Gasteiger partial charge in [-0.3, -0.25) is 0 Å². The van der Waals surface area contributed by atoms with Crippen molar-refractivity contribution < 1.29 is 0 Å². The van der Waals surface area contributed by atoms with Crippen LogP contribution in [0.3, 0.4) is 0 Å². The quantitative estimate of drug-likeness (QED) is 0.715. The summed E-state index contributed by atoms with van der Waals surface area (Å²) < 4.78 is 0. The minimum absolute atomic E-state index is 0.697. The fourth-order valence-electron chi connectivity index (χ4n) is 1.94. The number of rotatable bonds is 4. The van der Waals surface area contributed by atoms with Gasteiger partial charge < -0.3 is 10.2 Å². The molecule has 1 rings (SSSR count). The van der Waals surface area contributed by atoms with Crippen LogP contribution in [-0.2, 0) is 0 Å². The van der Waals surface area contributed by atoms with Crippen molar-refractivity contribution in [3.63, 3.8) is 0 Å². The molecule has 2 unspecified atom stereocenters. The van der Waals surface area contributed by atoms with Gasteiger partial charge in [-0.1, -0.05) is 13.8 Å². The predicted molar refractivity (Wildman–Crippen MR) is 58.0 cm³/mol. The third-order valence-corrected chi connectivity index (χ3v) is 3.33. The molecule has 13 heavy (non-hydrogen) atoms. The third kappa shape index (κ3) is 3.28. The summed E-state index contributed by atoms with van der Waals surface area (Å²) in [6.45, 7) is 9.33. The van der Waals surface area contributed by atoms with Crippen molar-refractivity contribution in [2.45, 2.75) is 45.7 Å². The van der Waals surface area contributed by atoms with Gasteiger partial charge in [0.1, 0.15) is 0 Å². The van der Waals surface area contributed by atoms with Gasteiger partial charge in [-0.05, 0) is 39.3 Å². The van der Waals surface area contributed by atoms with Crippen molar-refractivity contribution in [3.8, 4) is 0 Å². The standard InChI is InChI=1S/C11H24N2/c1-9(2)10(3)13(4)8-11-6-5-7-12-11/h9-12H,5-8H2,1-4H3. The lowest BCUT2D eigenvalue weighted by atomic mass is 10.0. The Bertz CT molecular complexity index is 139. The van der Waals surface area contributed by atoms with Gasteiger partial charge in [-0.15, -0.1) is 0 Å². The molecule has 1 aliphatic heterocycles. The molecule has 0 aromatic rings. The second-order valence-corrected chi connectivity index (χ2v) is 4.72. The van der Waals surface area contributed by atoms with Gasteiger partial charge >= 0.3 is 0 Å². The topological polar surface area (TPSA) is 15.3 Å². The maximum atomic E-state index is 3.54. The summed E-state index contributed by atoms with van der Waals surface area (Å²) in [4.78, 5) is 2.48. The maximum absolute atomic E-state index is 3.54. The van der Waals surface area contributed by atoms with E-state index in [1.165, 1.54) is 25.9 Å². The van der Waals surface area contributed by atoms with E-state index in [2.05, 4.69) is 38.0 Å². The highest BCUT2D eigenvalue weighted by molar-refractivity contribution is 4.79. The SMILES string of the molecule is CC(C)C(C)N(C)CC1CCCN1. The molecule has 1 N–H and O–H groups in total. The largest absolute Gasteiger partial charge is 0.313 e. The Labute approximate surface area is 82.7 Å². The molecule has 0 saturated carbocycles. The molecule has 0 aromatic carbocycles. The fraction of sp³-hybridized carbons (Fsp3) is 1.00. The first-order chi connectivity index (χ1) is 6.11. The van der Waals surface area contributed by atoms with Crippen LogP contribution in [-0.4, -0.2) is 37.1 Å². The van der Waals surface area contributed by atoms with Crippen molar-refractivity contribution >= 4 is 0 Å². The lowest BCUT2D eigenvalue weighted by Crippen LogP contribution is -2.41. The number of likely N-dealkylation sites (N-methyl/N-ethyl adjacent to an activating group) is 1. The van der Waals surface area contributed by atoms with Gasteiger partial charge in [-0.25, -0.2) is 0 Å². The van der Waals surface area contributed by atoms with Gasteiger partial charge in [0.15, 0.2) is 0 Å². The zero-order valence-electron chi connectivity index (χ0n) is 9.51. The van der Waals surface area contributed by atoms with Gasteiger partial charge in [0.05, 0.1) is 0 Å². The van der Waals surface area contributed by atoms with Crippen molar-refractivity contribution in [1.82, 2.24) is 10.2 Å². The maximum Gasteiger partial charge on any atom is 0.0195 e. The van der Waals surface area contributed by atoms with E-state index >= 15 is 0 Å². The van der Waals surface area contributed by atoms with Crippen LogP contribution in [0.2, 0.25) is 0 Å². The third-order valence-electron chi connectivity index (χ3n) is 3.33. The normalized spacial score (nSPS) is 25.8. The molecule has 0 aliphatic carbocycles. The molecule has 0 aromatic heterocycles. The average Bonchev–Trinajstić information content (AvgIpc) is 2.55. The lowest BCUT2D eigenvalue weighted by Gasteiger charge is -2.30. The highest BCUT2D eigenvalue weighted by atomic mass is 15.2. The molecule has 0 spiro atoms. The Hall–Kier alpha value is -0.0800. The van der Waals surface area contributed by atoms with Crippen LogP contribution in [0.25, 0.3) is 0 Å². The van der Waals surface area contributed by atoms with E-state index in [4.69, 9.17) is 0 Å². The van der Waals surface area contributed by atoms with Gasteiger partial charge in [-0.2, -0.15) is 0 Å². The van der Waals surface area contributed by atoms with Crippen LogP contribution in [0, 0.1) is 5.92 Å². The number of hydrogen-bond acceptors (Lipinski definition) is 2. The highest BCUT2D eigenvalue weighted by Crippen LogP contribution is 2.11. The number of nitrogens with zero attached hydrogens (tertiary/aromatic N) is 1. The van der Waals surface area contributed by atoms with Crippen molar-refractivity contribution in [1.29, 1.82) is 0 Å². The van der Waals surface area contributed by atoms with E-state index in [-0.39, 0.29) is 0 Å². The van der Waals surface area contributed by atoms with E-state index in [9.17, 15) is 0 Å². The number of hydrogen-bond donors (Lipinski definition) is 1. The zero-order valence-corrected chi connectivity index (χ0v) is 9.51. The molecule has 1 aliphatic rings. The van der Waals surface area contributed by atoms with Crippen molar-refractivity contribution in [2.24, 2.45) is 5.92 Å². The summed E-state index contributed by atoms with van der Waals surface area (Å²) in [6.07, 6.45) is 2.71. The predicted octanol–water partition coefficient (Wildman–Crippen LogP) is 1.71. The van der Waals surface area contributed by atoms with Crippen LogP contribution >= 0.6 is 0 Å². The van der Waals surface area contributed by atoms with Crippen molar-refractivity contribution in [3.05, 3.63) is 0 Å². The first kappa shape index (κ1) is 11.0. The van der Waals surface area contributed by atoms with Crippen LogP contribution in [0.4, 0.5) is 0 Å². The van der Waals surface area contributed by atoms with E-state index in [0.717, 1.165) is 12.0 Å². The molecule has 1 saturated heterocycles. The Morgan fingerprint density at radius 3 is 2.54 bits per heavy atom. The minimum atomic E-state index is 0.697. The Morgan fingerprint density at radius 1 is 1.38 bits per heavy atom. The van der Waals surface area contributed by atoms with Crippen LogP contribution in [0.5, 0.6) is 0 Å². The molecule has 0 bridgehead atoms. The summed E-state index contributed by atoms with van der Waals surface area (Å²) in [5.41, 5.74) is 0. The van der Waals surface area contributed by atoms with Crippen LogP contribution in [0.1, 0.15) is 33.6 Å². The first-order valence-corrected chi connectivity index (χ1v) is 5.55.